The molecule has 3 aliphatic rings. The Bertz CT molecular complexity index is 909. The third-order valence-corrected chi connectivity index (χ3v) is 5.62. The molecule has 3 nitrogen and oxygen atoms in total. The zero-order valence-electron chi connectivity index (χ0n) is 13.8. The molecule has 0 saturated carbocycles. The van der Waals surface area contributed by atoms with E-state index in [4.69, 9.17) is 9.47 Å². The van der Waals surface area contributed by atoms with Crippen LogP contribution in [0.25, 0.3) is 5.57 Å². The van der Waals surface area contributed by atoms with Gasteiger partial charge in [-0.15, -0.1) is 0 Å². The van der Waals surface area contributed by atoms with Gasteiger partial charge in [0.1, 0.15) is 6.61 Å². The molecule has 2 aromatic carbocycles. The lowest BCUT2D eigenvalue weighted by Gasteiger charge is -2.36. The van der Waals surface area contributed by atoms with Crippen LogP contribution in [0.2, 0.25) is 0 Å². The van der Waals surface area contributed by atoms with E-state index in [-0.39, 0.29) is 11.4 Å². The highest BCUT2D eigenvalue weighted by Gasteiger charge is 2.50. The minimum Gasteiger partial charge on any atom is -0.457 e. The number of fused-ring (bicyclic) bond motifs is 2. The van der Waals surface area contributed by atoms with Gasteiger partial charge in [-0.25, -0.2) is 4.79 Å². The summed E-state index contributed by atoms with van der Waals surface area (Å²) in [7, 11) is 0. The third kappa shape index (κ3) is 2.06. The normalized spacial score (nSPS) is 25.0. The summed E-state index contributed by atoms with van der Waals surface area (Å²) in [6, 6.07) is 20.7. The largest absolute Gasteiger partial charge is 0.457 e. The zero-order chi connectivity index (χ0) is 16.9. The molecule has 0 spiro atoms. The Hall–Kier alpha value is -2.65. The molecule has 2 heterocycles. The molecule has 1 atom stereocenters. The average Bonchev–Trinajstić information content (AvgIpc) is 3.27. The number of carbonyl (C=O) groups excluding carboxylic acids is 1. The Labute approximate surface area is 146 Å². The van der Waals surface area contributed by atoms with Crippen molar-refractivity contribution in [3.63, 3.8) is 0 Å². The van der Waals surface area contributed by atoms with Gasteiger partial charge in [-0.3, -0.25) is 0 Å². The first kappa shape index (κ1) is 14.7. The SMILES string of the molecule is O=C1OCC2=C3COCC3(c3ccccc3)CC(c3ccccc3)=C12. The maximum absolute atomic E-state index is 12.5. The van der Waals surface area contributed by atoms with Crippen molar-refractivity contribution < 1.29 is 14.3 Å². The summed E-state index contributed by atoms with van der Waals surface area (Å²) in [6.07, 6.45) is 0.768. The van der Waals surface area contributed by atoms with E-state index in [2.05, 4.69) is 36.4 Å². The molecule has 1 aliphatic carbocycles. The van der Waals surface area contributed by atoms with Gasteiger partial charge in [-0.1, -0.05) is 60.7 Å². The van der Waals surface area contributed by atoms with Crippen molar-refractivity contribution in [3.05, 3.63) is 88.5 Å². The van der Waals surface area contributed by atoms with Crippen LogP contribution in [0.4, 0.5) is 0 Å². The van der Waals surface area contributed by atoms with Gasteiger partial charge in [0.15, 0.2) is 0 Å². The molecule has 0 radical (unpaired) electrons. The first-order valence-corrected chi connectivity index (χ1v) is 8.61. The standard InChI is InChI=1S/C22H18O3/c23-21-20-17(15-7-3-1-4-8-15)11-22(16-9-5-2-6-10-16)14-24-13-19(22)18(20)12-25-21/h1-10H,11-14H2. The van der Waals surface area contributed by atoms with Crippen molar-refractivity contribution in [2.45, 2.75) is 11.8 Å². The third-order valence-electron chi connectivity index (χ3n) is 5.62. The smallest absolute Gasteiger partial charge is 0.339 e. The van der Waals surface area contributed by atoms with Crippen LogP contribution in [0.3, 0.4) is 0 Å². The summed E-state index contributed by atoms with van der Waals surface area (Å²) in [5.41, 5.74) is 6.25. The van der Waals surface area contributed by atoms with Gasteiger partial charge in [-0.2, -0.15) is 0 Å². The van der Waals surface area contributed by atoms with Crippen molar-refractivity contribution >= 4 is 11.5 Å². The summed E-state index contributed by atoms with van der Waals surface area (Å²) in [6.45, 7) is 1.58. The number of rotatable bonds is 2. The van der Waals surface area contributed by atoms with Crippen molar-refractivity contribution in [3.8, 4) is 0 Å². The Morgan fingerprint density at radius 2 is 1.56 bits per heavy atom. The minimum atomic E-state index is -0.199. The molecule has 2 aliphatic heterocycles. The quantitative estimate of drug-likeness (QED) is 0.788. The van der Waals surface area contributed by atoms with Gasteiger partial charge in [0.25, 0.3) is 0 Å². The Morgan fingerprint density at radius 1 is 0.840 bits per heavy atom. The number of hydrogen-bond donors (Lipinski definition) is 0. The first-order valence-electron chi connectivity index (χ1n) is 8.61. The van der Waals surface area contributed by atoms with E-state index in [1.165, 1.54) is 11.1 Å². The summed E-state index contributed by atoms with van der Waals surface area (Å²) >= 11 is 0. The van der Waals surface area contributed by atoms with E-state index < -0.39 is 0 Å². The molecule has 0 amide bonds. The lowest BCUT2D eigenvalue weighted by molar-refractivity contribution is -0.134. The molecule has 5 rings (SSSR count). The average molecular weight is 330 g/mol. The van der Waals surface area contributed by atoms with Crippen LogP contribution in [0.15, 0.2) is 77.4 Å². The lowest BCUT2D eigenvalue weighted by atomic mass is 9.65. The fourth-order valence-corrected chi connectivity index (χ4v) is 4.43. The highest BCUT2D eigenvalue weighted by atomic mass is 16.5. The second kappa shape index (κ2) is 5.43. The van der Waals surface area contributed by atoms with Crippen LogP contribution < -0.4 is 0 Å². The summed E-state index contributed by atoms with van der Waals surface area (Å²) in [5, 5.41) is 0. The van der Waals surface area contributed by atoms with E-state index in [9.17, 15) is 4.79 Å². The number of cyclic esters (lactones) is 1. The van der Waals surface area contributed by atoms with Crippen molar-refractivity contribution in [1.29, 1.82) is 0 Å². The molecule has 0 N–H and O–H groups in total. The number of esters is 1. The minimum absolute atomic E-state index is 0.195. The van der Waals surface area contributed by atoms with Crippen LogP contribution in [0, 0.1) is 0 Å². The molecule has 2 fully saturated rings. The molecular formula is C22H18O3. The topological polar surface area (TPSA) is 35.5 Å². The number of ether oxygens (including phenoxy) is 2. The van der Waals surface area contributed by atoms with Crippen molar-refractivity contribution in [1.82, 2.24) is 0 Å². The van der Waals surface area contributed by atoms with E-state index >= 15 is 0 Å². The van der Waals surface area contributed by atoms with Gasteiger partial charge in [0, 0.05) is 11.0 Å². The number of hydrogen-bond acceptors (Lipinski definition) is 3. The molecule has 25 heavy (non-hydrogen) atoms. The first-order chi connectivity index (χ1) is 12.3. The number of carbonyl (C=O) groups is 1. The zero-order valence-corrected chi connectivity index (χ0v) is 13.8. The van der Waals surface area contributed by atoms with Gasteiger partial charge < -0.3 is 9.47 Å². The van der Waals surface area contributed by atoms with Crippen molar-refractivity contribution in [2.24, 2.45) is 0 Å². The molecule has 0 bridgehead atoms. The second-order valence-electron chi connectivity index (χ2n) is 6.87. The van der Waals surface area contributed by atoms with Crippen LogP contribution in [0.1, 0.15) is 17.5 Å². The van der Waals surface area contributed by atoms with E-state index in [1.807, 2.05) is 24.3 Å². The highest BCUT2D eigenvalue weighted by molar-refractivity contribution is 6.06. The predicted octanol–water partition coefficient (Wildman–Crippen LogP) is 3.67. The maximum Gasteiger partial charge on any atom is 0.339 e. The predicted molar refractivity (Wildman–Crippen MR) is 94.9 cm³/mol. The molecule has 0 aromatic heterocycles. The Balaban J connectivity index is 1.77. The number of allylic oxidation sites excluding steroid dienone is 1. The molecule has 124 valence electrons. The van der Waals surface area contributed by atoms with Crippen LogP contribution >= 0.6 is 0 Å². The van der Waals surface area contributed by atoms with Crippen molar-refractivity contribution in [2.75, 3.05) is 19.8 Å². The van der Waals surface area contributed by atoms with Gasteiger partial charge in [0.2, 0.25) is 0 Å². The van der Waals surface area contributed by atoms with Gasteiger partial charge in [-0.05, 0) is 28.7 Å². The van der Waals surface area contributed by atoms with E-state index in [0.29, 0.717) is 19.8 Å². The molecule has 1 unspecified atom stereocenters. The molecule has 3 heteroatoms. The Morgan fingerprint density at radius 3 is 2.32 bits per heavy atom. The Kier molecular flexibility index (Phi) is 3.19. The van der Waals surface area contributed by atoms with Crippen LogP contribution in [0.5, 0.6) is 0 Å². The summed E-state index contributed by atoms with van der Waals surface area (Å²) < 4.78 is 11.4. The van der Waals surface area contributed by atoms with Gasteiger partial charge in [0.05, 0.1) is 18.8 Å². The lowest BCUT2D eigenvalue weighted by Crippen LogP contribution is -2.33. The van der Waals surface area contributed by atoms with Crippen LogP contribution in [-0.2, 0) is 19.7 Å². The van der Waals surface area contributed by atoms with E-state index in [1.54, 1.807) is 0 Å². The van der Waals surface area contributed by atoms with E-state index in [0.717, 1.165) is 28.7 Å². The fraction of sp³-hybridized carbons (Fsp3) is 0.227. The number of benzene rings is 2. The second-order valence-corrected chi connectivity index (χ2v) is 6.87. The highest BCUT2D eigenvalue weighted by Crippen LogP contribution is 2.53. The molecular weight excluding hydrogens is 312 g/mol. The van der Waals surface area contributed by atoms with Crippen LogP contribution in [-0.4, -0.2) is 25.8 Å². The fourth-order valence-electron chi connectivity index (χ4n) is 4.43. The monoisotopic (exact) mass is 330 g/mol. The summed E-state index contributed by atoms with van der Waals surface area (Å²) in [4.78, 5) is 12.5. The molecule has 2 aromatic rings. The summed E-state index contributed by atoms with van der Waals surface area (Å²) in [5.74, 6) is -0.199. The van der Waals surface area contributed by atoms with Gasteiger partial charge >= 0.3 is 5.97 Å². The molecule has 2 saturated heterocycles. The maximum atomic E-state index is 12.5.